The summed E-state index contributed by atoms with van der Waals surface area (Å²) in [7, 11) is 1.12. The summed E-state index contributed by atoms with van der Waals surface area (Å²) in [5.74, 6) is -0.00696. The van der Waals surface area contributed by atoms with Gasteiger partial charge in [-0.2, -0.15) is 18.3 Å². The van der Waals surface area contributed by atoms with Crippen molar-refractivity contribution in [1.29, 1.82) is 0 Å². The maximum atomic E-state index is 12.6. The summed E-state index contributed by atoms with van der Waals surface area (Å²) in [5.41, 5.74) is -1.70. The monoisotopic (exact) mass is 270 g/mol. The Balaban J connectivity index is 2.59. The molecule has 19 heavy (non-hydrogen) atoms. The molecule has 0 aliphatic rings. The number of aryl methyl sites for hydroxylation is 1. The predicted molar refractivity (Wildman–Crippen MR) is 61.6 cm³/mol. The fourth-order valence-corrected chi connectivity index (χ4v) is 1.62. The van der Waals surface area contributed by atoms with Crippen molar-refractivity contribution in [2.45, 2.75) is 6.18 Å². The molecule has 0 unspecified atom stereocenters. The van der Waals surface area contributed by atoms with Crippen LogP contribution in [0.25, 0.3) is 11.3 Å². The van der Waals surface area contributed by atoms with E-state index < -0.39 is 17.3 Å². The van der Waals surface area contributed by atoms with Crippen LogP contribution >= 0.6 is 0 Å². The molecule has 0 amide bonds. The van der Waals surface area contributed by atoms with Crippen molar-refractivity contribution in [2.75, 3.05) is 0 Å². The minimum atomic E-state index is -4.63. The average Bonchev–Trinajstić information content (AvgIpc) is 2.31. The minimum Gasteiger partial charge on any atom is -0.508 e. The van der Waals surface area contributed by atoms with Crippen LogP contribution in [0, 0.1) is 0 Å². The smallest absolute Gasteiger partial charge is 0.433 e. The predicted octanol–water partition coefficient (Wildman–Crippen LogP) is 2.17. The topological polar surface area (TPSA) is 55.1 Å². The Hall–Kier alpha value is -2.31. The summed E-state index contributed by atoms with van der Waals surface area (Å²) in [6, 6.07) is 5.98. The highest BCUT2D eigenvalue weighted by atomic mass is 19.4. The largest absolute Gasteiger partial charge is 0.508 e. The molecule has 1 heterocycles. The average molecular weight is 270 g/mol. The summed E-state index contributed by atoms with van der Waals surface area (Å²) in [4.78, 5) is 11.7. The molecular formula is C12H9F3N2O2. The van der Waals surface area contributed by atoms with Crippen molar-refractivity contribution in [3.05, 3.63) is 46.2 Å². The van der Waals surface area contributed by atoms with Crippen LogP contribution in [0.1, 0.15) is 5.69 Å². The molecule has 0 spiro atoms. The molecule has 4 nitrogen and oxygen atoms in total. The lowest BCUT2D eigenvalue weighted by Crippen LogP contribution is -2.22. The fraction of sp³-hybridized carbons (Fsp3) is 0.167. The Morgan fingerprint density at radius 1 is 1.21 bits per heavy atom. The van der Waals surface area contributed by atoms with Crippen molar-refractivity contribution >= 4 is 0 Å². The maximum absolute atomic E-state index is 12.6. The molecule has 1 N–H and O–H groups in total. The number of aromatic hydroxyl groups is 1. The molecule has 7 heteroatoms. The molecule has 0 saturated carbocycles. The molecule has 0 aliphatic carbocycles. The number of hydrogen-bond acceptors (Lipinski definition) is 3. The number of aromatic nitrogens is 2. The third kappa shape index (κ3) is 2.59. The number of alkyl halides is 3. The highest BCUT2D eigenvalue weighted by Crippen LogP contribution is 2.28. The zero-order valence-electron chi connectivity index (χ0n) is 9.77. The zero-order chi connectivity index (χ0) is 14.2. The number of phenolic OH excluding ortho intramolecular Hbond substituents is 1. The van der Waals surface area contributed by atoms with Gasteiger partial charge in [0.15, 0.2) is 0 Å². The minimum absolute atomic E-state index is 0.00696. The van der Waals surface area contributed by atoms with Crippen LogP contribution in [-0.2, 0) is 13.2 Å². The van der Waals surface area contributed by atoms with E-state index in [4.69, 9.17) is 5.11 Å². The Kier molecular flexibility index (Phi) is 3.05. The molecule has 0 radical (unpaired) electrons. The zero-order valence-corrected chi connectivity index (χ0v) is 9.77. The van der Waals surface area contributed by atoms with E-state index >= 15 is 0 Å². The van der Waals surface area contributed by atoms with E-state index in [2.05, 4.69) is 5.10 Å². The summed E-state index contributed by atoms with van der Waals surface area (Å²) < 4.78 is 38.4. The van der Waals surface area contributed by atoms with Gasteiger partial charge in [-0.3, -0.25) is 9.48 Å². The highest BCUT2D eigenvalue weighted by molar-refractivity contribution is 5.59. The van der Waals surface area contributed by atoms with Crippen LogP contribution in [0.3, 0.4) is 0 Å². The second kappa shape index (κ2) is 4.42. The van der Waals surface area contributed by atoms with Crippen molar-refractivity contribution in [1.82, 2.24) is 9.78 Å². The van der Waals surface area contributed by atoms with E-state index in [9.17, 15) is 18.0 Å². The van der Waals surface area contributed by atoms with E-state index in [0.717, 1.165) is 7.05 Å². The van der Waals surface area contributed by atoms with Gasteiger partial charge in [-0.15, -0.1) is 0 Å². The lowest BCUT2D eigenvalue weighted by molar-refractivity contribution is -0.144. The highest BCUT2D eigenvalue weighted by Gasteiger charge is 2.34. The quantitative estimate of drug-likeness (QED) is 0.864. The van der Waals surface area contributed by atoms with Gasteiger partial charge >= 0.3 is 6.18 Å². The third-order valence-electron chi connectivity index (χ3n) is 2.53. The van der Waals surface area contributed by atoms with Gasteiger partial charge in [0.2, 0.25) is 5.43 Å². The van der Waals surface area contributed by atoms with Crippen molar-refractivity contribution < 1.29 is 18.3 Å². The molecule has 0 aliphatic heterocycles. The summed E-state index contributed by atoms with van der Waals surface area (Å²) in [5, 5.41) is 12.8. The van der Waals surface area contributed by atoms with Crippen LogP contribution in [0.15, 0.2) is 35.1 Å². The number of nitrogens with zero attached hydrogens (tertiary/aromatic N) is 2. The molecule has 0 saturated heterocycles. The Morgan fingerprint density at radius 3 is 2.32 bits per heavy atom. The molecule has 100 valence electrons. The van der Waals surface area contributed by atoms with E-state index in [1.54, 1.807) is 0 Å². The number of halogens is 3. The van der Waals surface area contributed by atoms with Gasteiger partial charge < -0.3 is 5.11 Å². The molecule has 0 fully saturated rings. The summed E-state index contributed by atoms with van der Waals surface area (Å²) in [6.07, 6.45) is -4.63. The molecule has 0 bridgehead atoms. The second-order valence-electron chi connectivity index (χ2n) is 3.91. The van der Waals surface area contributed by atoms with Crippen molar-refractivity contribution in [2.24, 2.45) is 7.05 Å². The van der Waals surface area contributed by atoms with Crippen LogP contribution in [0.4, 0.5) is 13.2 Å². The Bertz CT molecular complexity index is 660. The van der Waals surface area contributed by atoms with Crippen LogP contribution in [-0.4, -0.2) is 14.9 Å². The third-order valence-corrected chi connectivity index (χ3v) is 2.53. The first-order chi connectivity index (χ1) is 8.79. The van der Waals surface area contributed by atoms with Crippen LogP contribution in [0.5, 0.6) is 5.75 Å². The number of benzene rings is 1. The van der Waals surface area contributed by atoms with Crippen LogP contribution in [0.2, 0.25) is 0 Å². The first-order valence-corrected chi connectivity index (χ1v) is 5.24. The molecule has 0 atom stereocenters. The van der Waals surface area contributed by atoms with Gasteiger partial charge in [0, 0.05) is 18.7 Å². The van der Waals surface area contributed by atoms with Crippen LogP contribution < -0.4 is 5.43 Å². The Labute approximate surface area is 105 Å². The molecule has 2 aromatic rings. The first kappa shape index (κ1) is 13.1. The van der Waals surface area contributed by atoms with Gasteiger partial charge in [0.25, 0.3) is 0 Å². The standard InChI is InChI=1S/C12H9F3N2O2/c1-17-10(12(13,14)15)6-9(19)11(16-17)7-2-4-8(18)5-3-7/h2-6,18H,1H3. The molecule has 1 aromatic carbocycles. The molecule has 1 aromatic heterocycles. The summed E-state index contributed by atoms with van der Waals surface area (Å²) in [6.45, 7) is 0. The molecule has 2 rings (SSSR count). The first-order valence-electron chi connectivity index (χ1n) is 5.24. The second-order valence-corrected chi connectivity index (χ2v) is 3.91. The number of hydrogen-bond donors (Lipinski definition) is 1. The van der Waals surface area contributed by atoms with Gasteiger partial charge in [-0.25, -0.2) is 0 Å². The lowest BCUT2D eigenvalue weighted by atomic mass is 10.1. The van der Waals surface area contributed by atoms with E-state index in [-0.39, 0.29) is 11.4 Å². The normalized spacial score (nSPS) is 11.6. The number of rotatable bonds is 1. The molecular weight excluding hydrogens is 261 g/mol. The van der Waals surface area contributed by atoms with Crippen molar-refractivity contribution in [3.8, 4) is 17.0 Å². The Morgan fingerprint density at radius 2 is 1.79 bits per heavy atom. The summed E-state index contributed by atoms with van der Waals surface area (Å²) >= 11 is 0. The number of phenols is 1. The SMILES string of the molecule is Cn1nc(-c2ccc(O)cc2)c(=O)cc1C(F)(F)F. The maximum Gasteiger partial charge on any atom is 0.433 e. The van der Waals surface area contributed by atoms with Gasteiger partial charge in [0.05, 0.1) is 0 Å². The fourth-order valence-electron chi connectivity index (χ4n) is 1.62. The van der Waals surface area contributed by atoms with Gasteiger partial charge in [-0.1, -0.05) is 0 Å². The van der Waals surface area contributed by atoms with E-state index in [1.165, 1.54) is 24.3 Å². The van der Waals surface area contributed by atoms with E-state index in [1.807, 2.05) is 0 Å². The van der Waals surface area contributed by atoms with E-state index in [0.29, 0.717) is 16.3 Å². The van der Waals surface area contributed by atoms with Crippen molar-refractivity contribution in [3.63, 3.8) is 0 Å². The van der Waals surface area contributed by atoms with Gasteiger partial charge in [0.1, 0.15) is 17.1 Å². The van der Waals surface area contributed by atoms with Gasteiger partial charge in [-0.05, 0) is 24.3 Å². The lowest BCUT2D eigenvalue weighted by Gasteiger charge is -2.12.